The van der Waals surface area contributed by atoms with E-state index in [9.17, 15) is 0 Å². The summed E-state index contributed by atoms with van der Waals surface area (Å²) in [4.78, 5) is 0. The van der Waals surface area contributed by atoms with Gasteiger partial charge in [-0.15, -0.1) is 0 Å². The molecule has 1 aliphatic heterocycles. The van der Waals surface area contributed by atoms with Crippen molar-refractivity contribution in [1.82, 2.24) is 4.31 Å². The van der Waals surface area contributed by atoms with Crippen molar-refractivity contribution in [2.24, 2.45) is 0 Å². The first kappa shape index (κ1) is 7.93. The van der Waals surface area contributed by atoms with E-state index in [1.165, 1.54) is 32.2 Å². The fourth-order valence-corrected chi connectivity index (χ4v) is 4.52. The van der Waals surface area contributed by atoms with Gasteiger partial charge in [-0.2, -0.15) is 10.2 Å². The van der Waals surface area contributed by atoms with Gasteiger partial charge in [0.25, 0.3) is 0 Å². The molecule has 1 spiro atoms. The summed E-state index contributed by atoms with van der Waals surface area (Å²) in [6.45, 7) is 1.37. The Labute approximate surface area is 71.6 Å². The van der Waals surface area contributed by atoms with Crippen molar-refractivity contribution in [3.05, 3.63) is 0 Å². The molecule has 0 atom stereocenters. The van der Waals surface area contributed by atoms with Gasteiger partial charge in [0, 0.05) is 12.1 Å². The molecule has 11 heavy (non-hydrogen) atoms. The van der Waals surface area contributed by atoms with Crippen LogP contribution in [0.3, 0.4) is 0 Å². The molecule has 1 nitrogen and oxygen atoms in total. The van der Waals surface area contributed by atoms with Gasteiger partial charge in [0.15, 0.2) is 0 Å². The lowest BCUT2D eigenvalue weighted by Crippen LogP contribution is -2.32. The Morgan fingerprint density at radius 2 is 1.73 bits per heavy atom. The maximum Gasteiger partial charge on any atom is 0.0299 e. The fraction of sp³-hybridized carbons (Fsp3) is 1.00. The molecule has 1 aliphatic carbocycles. The van der Waals surface area contributed by atoms with E-state index in [-0.39, 0.29) is 0 Å². The van der Waals surface area contributed by atoms with E-state index in [0.29, 0.717) is 5.54 Å². The Morgan fingerprint density at radius 3 is 2.09 bits per heavy atom. The molecule has 66 valence electrons. The minimum Gasteiger partial charge on any atom is -0.262 e. The van der Waals surface area contributed by atoms with Crippen LogP contribution in [-0.4, -0.2) is 35.2 Å². The molecule has 0 bridgehead atoms. The normalized spacial score (nSPS) is 31.2. The van der Waals surface area contributed by atoms with Crippen LogP contribution in [0.1, 0.15) is 25.7 Å². The Kier molecular flexibility index (Phi) is 1.56. The smallest absolute Gasteiger partial charge is 0.0299 e. The molecule has 0 amide bonds. The van der Waals surface area contributed by atoms with Crippen LogP contribution in [0.5, 0.6) is 0 Å². The summed E-state index contributed by atoms with van der Waals surface area (Å²) in [5.41, 5.74) is 0.716. The van der Waals surface area contributed by atoms with E-state index in [1.807, 2.05) is 0 Å². The summed E-state index contributed by atoms with van der Waals surface area (Å²) in [5.74, 6) is 0. The molecule has 2 fully saturated rings. The van der Waals surface area contributed by atoms with Crippen LogP contribution in [0.2, 0.25) is 0 Å². The summed E-state index contributed by atoms with van der Waals surface area (Å²) in [6, 6.07) is 0. The van der Waals surface area contributed by atoms with Crippen LogP contribution < -0.4 is 0 Å². The number of hydrogen-bond donors (Lipinski definition) is 0. The molecule has 2 aliphatic rings. The standard InChI is InChI=1S/C9H19NS/c1-11(2,3)10-8-4-5-9(10)6-7-9/h4-8H2,1-3H3. The largest absolute Gasteiger partial charge is 0.262 e. The zero-order chi connectivity index (χ0) is 8.11. The predicted molar refractivity (Wildman–Crippen MR) is 53.3 cm³/mol. The van der Waals surface area contributed by atoms with Gasteiger partial charge in [-0.1, -0.05) is 0 Å². The van der Waals surface area contributed by atoms with Crippen molar-refractivity contribution in [3.63, 3.8) is 0 Å². The Balaban J connectivity index is 2.14. The van der Waals surface area contributed by atoms with E-state index in [1.54, 1.807) is 0 Å². The lowest BCUT2D eigenvalue weighted by molar-refractivity contribution is 0.409. The van der Waals surface area contributed by atoms with Gasteiger partial charge < -0.3 is 0 Å². The number of hydrogen-bond acceptors (Lipinski definition) is 1. The summed E-state index contributed by atoms with van der Waals surface area (Å²) in [7, 11) is -0.414. The van der Waals surface area contributed by atoms with Gasteiger partial charge in [-0.3, -0.25) is 4.31 Å². The molecule has 0 aromatic rings. The van der Waals surface area contributed by atoms with E-state index < -0.39 is 10.2 Å². The first-order valence-electron chi connectivity index (χ1n) is 4.51. The van der Waals surface area contributed by atoms with Crippen molar-refractivity contribution in [1.29, 1.82) is 0 Å². The Morgan fingerprint density at radius 1 is 1.09 bits per heavy atom. The summed E-state index contributed by atoms with van der Waals surface area (Å²) < 4.78 is 2.81. The maximum absolute atomic E-state index is 2.81. The average Bonchev–Trinajstić information content (AvgIpc) is 2.38. The van der Waals surface area contributed by atoms with Crippen LogP contribution in [0.25, 0.3) is 0 Å². The number of nitrogens with zero attached hydrogens (tertiary/aromatic N) is 1. The highest BCUT2D eigenvalue weighted by molar-refractivity contribution is 8.30. The monoisotopic (exact) mass is 173 g/mol. The van der Waals surface area contributed by atoms with E-state index >= 15 is 0 Å². The molecule has 1 saturated heterocycles. The van der Waals surface area contributed by atoms with E-state index in [2.05, 4.69) is 23.1 Å². The molecule has 0 aromatic carbocycles. The second-order valence-corrected chi connectivity index (χ2v) is 8.69. The lowest BCUT2D eigenvalue weighted by atomic mass is 10.2. The molecule has 0 N–H and O–H groups in total. The first-order valence-corrected chi connectivity index (χ1v) is 7.32. The summed E-state index contributed by atoms with van der Waals surface area (Å²) in [5, 5.41) is 0. The molecule has 2 rings (SSSR count). The van der Waals surface area contributed by atoms with Crippen molar-refractivity contribution >= 4 is 10.2 Å². The van der Waals surface area contributed by atoms with Gasteiger partial charge >= 0.3 is 0 Å². The zero-order valence-electron chi connectivity index (χ0n) is 7.89. The predicted octanol–water partition coefficient (Wildman–Crippen LogP) is 2.22. The topological polar surface area (TPSA) is 3.24 Å². The third-order valence-electron chi connectivity index (χ3n) is 3.02. The minimum absolute atomic E-state index is 0.414. The lowest BCUT2D eigenvalue weighted by Gasteiger charge is -2.41. The molecule has 2 heteroatoms. The highest BCUT2D eigenvalue weighted by Gasteiger charge is 2.52. The molecule has 0 radical (unpaired) electrons. The van der Waals surface area contributed by atoms with Crippen molar-refractivity contribution < 1.29 is 0 Å². The van der Waals surface area contributed by atoms with Gasteiger partial charge in [0.2, 0.25) is 0 Å². The van der Waals surface area contributed by atoms with Crippen molar-refractivity contribution in [2.45, 2.75) is 31.2 Å². The van der Waals surface area contributed by atoms with E-state index in [4.69, 9.17) is 0 Å². The quantitative estimate of drug-likeness (QED) is 0.588. The first-order chi connectivity index (χ1) is 5.05. The minimum atomic E-state index is -0.414. The van der Waals surface area contributed by atoms with Gasteiger partial charge in [-0.25, -0.2) is 0 Å². The van der Waals surface area contributed by atoms with Crippen LogP contribution in [0, 0.1) is 0 Å². The van der Waals surface area contributed by atoms with Crippen LogP contribution in [-0.2, 0) is 0 Å². The highest BCUT2D eigenvalue weighted by Crippen LogP contribution is 2.59. The highest BCUT2D eigenvalue weighted by atomic mass is 32.3. The Hall–Kier alpha value is 0.310. The fourth-order valence-electron chi connectivity index (χ4n) is 2.41. The van der Waals surface area contributed by atoms with Gasteiger partial charge in [0.05, 0.1) is 0 Å². The third-order valence-corrected chi connectivity index (χ3v) is 4.91. The van der Waals surface area contributed by atoms with E-state index in [0.717, 1.165) is 0 Å². The maximum atomic E-state index is 2.81. The molecule has 0 aromatic heterocycles. The molecule has 1 heterocycles. The molecular weight excluding hydrogens is 154 g/mol. The third kappa shape index (κ3) is 1.20. The summed E-state index contributed by atoms with van der Waals surface area (Å²) in [6.07, 6.45) is 13.2. The Bertz CT molecular complexity index is 167. The average molecular weight is 173 g/mol. The summed E-state index contributed by atoms with van der Waals surface area (Å²) >= 11 is 0. The SMILES string of the molecule is CS(C)(C)N1CCCC12CC2. The second-order valence-electron chi connectivity index (χ2n) is 4.70. The number of rotatable bonds is 1. The van der Waals surface area contributed by atoms with Crippen molar-refractivity contribution in [3.8, 4) is 0 Å². The van der Waals surface area contributed by atoms with Crippen LogP contribution >= 0.6 is 10.2 Å². The molecular formula is C9H19NS. The van der Waals surface area contributed by atoms with Gasteiger partial charge in [0.1, 0.15) is 0 Å². The van der Waals surface area contributed by atoms with Crippen molar-refractivity contribution in [2.75, 3.05) is 25.3 Å². The van der Waals surface area contributed by atoms with Gasteiger partial charge in [-0.05, 0) is 44.5 Å². The van der Waals surface area contributed by atoms with Crippen LogP contribution in [0.4, 0.5) is 0 Å². The molecule has 1 saturated carbocycles. The molecule has 0 unspecified atom stereocenters. The zero-order valence-corrected chi connectivity index (χ0v) is 8.71. The van der Waals surface area contributed by atoms with Crippen LogP contribution in [0.15, 0.2) is 0 Å². The second kappa shape index (κ2) is 2.17.